The zero-order chi connectivity index (χ0) is 13.8. The van der Waals surface area contributed by atoms with Gasteiger partial charge in [0.15, 0.2) is 0 Å². The van der Waals surface area contributed by atoms with Crippen LogP contribution in [0.15, 0.2) is 11.4 Å². The zero-order valence-corrected chi connectivity index (χ0v) is 11.6. The van der Waals surface area contributed by atoms with Crippen LogP contribution in [0, 0.1) is 0 Å². The van der Waals surface area contributed by atoms with E-state index in [9.17, 15) is 9.59 Å². The number of aliphatic carboxylic acids is 1. The number of carboxylic acids is 1. The highest BCUT2D eigenvalue weighted by Crippen LogP contribution is 2.33. The SMILES string of the molecule is CC(CC(=O)O)NC(=O)NC1CCCc2sccc21. The van der Waals surface area contributed by atoms with E-state index >= 15 is 0 Å². The second-order valence-corrected chi connectivity index (χ2v) is 5.86. The molecule has 1 heterocycles. The van der Waals surface area contributed by atoms with Crippen LogP contribution < -0.4 is 10.6 Å². The Labute approximate surface area is 116 Å². The summed E-state index contributed by atoms with van der Waals surface area (Å²) < 4.78 is 0. The summed E-state index contributed by atoms with van der Waals surface area (Å²) in [6.07, 6.45) is 3.03. The molecule has 2 atom stereocenters. The summed E-state index contributed by atoms with van der Waals surface area (Å²) >= 11 is 1.73. The third kappa shape index (κ3) is 3.70. The number of carboxylic acid groups (broad SMARTS) is 1. The molecule has 0 fully saturated rings. The van der Waals surface area contributed by atoms with Gasteiger partial charge in [0.2, 0.25) is 0 Å². The summed E-state index contributed by atoms with van der Waals surface area (Å²) in [4.78, 5) is 23.7. The Morgan fingerprint density at radius 2 is 2.37 bits per heavy atom. The molecule has 2 rings (SSSR count). The molecular formula is C13H18N2O3S. The first-order chi connectivity index (χ1) is 9.06. The van der Waals surface area contributed by atoms with Crippen LogP contribution in [0.3, 0.4) is 0 Å². The third-order valence-corrected chi connectivity index (χ3v) is 4.21. The van der Waals surface area contributed by atoms with Crippen molar-refractivity contribution in [3.63, 3.8) is 0 Å². The fourth-order valence-corrected chi connectivity index (χ4v) is 3.36. The number of rotatable bonds is 4. The summed E-state index contributed by atoms with van der Waals surface area (Å²) in [6, 6.07) is 1.44. The number of aryl methyl sites for hydroxylation is 1. The molecule has 3 N–H and O–H groups in total. The van der Waals surface area contributed by atoms with Crippen LogP contribution >= 0.6 is 11.3 Å². The van der Waals surface area contributed by atoms with Crippen molar-refractivity contribution in [2.24, 2.45) is 0 Å². The molecule has 0 aliphatic heterocycles. The predicted octanol–water partition coefficient (Wildman–Crippen LogP) is 2.29. The van der Waals surface area contributed by atoms with E-state index in [4.69, 9.17) is 5.11 Å². The molecule has 1 aliphatic carbocycles. The predicted molar refractivity (Wildman–Crippen MR) is 73.4 cm³/mol. The normalized spacial score (nSPS) is 19.3. The molecule has 0 bridgehead atoms. The number of nitrogens with one attached hydrogen (secondary N) is 2. The Bertz CT molecular complexity index is 472. The van der Waals surface area contributed by atoms with E-state index in [1.54, 1.807) is 18.3 Å². The molecule has 5 nitrogen and oxygen atoms in total. The maximum absolute atomic E-state index is 11.8. The van der Waals surface area contributed by atoms with Gasteiger partial charge < -0.3 is 15.7 Å². The van der Waals surface area contributed by atoms with E-state index in [0.717, 1.165) is 19.3 Å². The molecule has 6 heteroatoms. The van der Waals surface area contributed by atoms with Crippen LogP contribution in [0.25, 0.3) is 0 Å². The molecule has 0 saturated heterocycles. The fourth-order valence-electron chi connectivity index (χ4n) is 2.37. The standard InChI is InChI=1S/C13H18N2O3S/c1-8(7-12(16)17)14-13(18)15-10-3-2-4-11-9(10)5-6-19-11/h5-6,8,10H,2-4,7H2,1H3,(H,16,17)(H2,14,15,18). The molecule has 0 aromatic carbocycles. The van der Waals surface area contributed by atoms with Gasteiger partial charge in [-0.25, -0.2) is 4.79 Å². The zero-order valence-electron chi connectivity index (χ0n) is 10.8. The van der Waals surface area contributed by atoms with Crippen molar-refractivity contribution < 1.29 is 14.7 Å². The Balaban J connectivity index is 1.89. The summed E-state index contributed by atoms with van der Waals surface area (Å²) in [5, 5.41) is 16.3. The Hall–Kier alpha value is -1.56. The number of carbonyl (C=O) groups excluding carboxylic acids is 1. The van der Waals surface area contributed by atoms with E-state index in [2.05, 4.69) is 22.1 Å². The number of urea groups is 1. The monoisotopic (exact) mass is 282 g/mol. The van der Waals surface area contributed by atoms with Crippen molar-refractivity contribution >= 4 is 23.3 Å². The number of carbonyl (C=O) groups is 2. The van der Waals surface area contributed by atoms with E-state index in [1.165, 1.54) is 10.4 Å². The Morgan fingerprint density at radius 1 is 1.58 bits per heavy atom. The van der Waals surface area contributed by atoms with Crippen LogP contribution in [0.2, 0.25) is 0 Å². The quantitative estimate of drug-likeness (QED) is 0.792. The molecule has 1 aromatic rings. The summed E-state index contributed by atoms with van der Waals surface area (Å²) in [5.41, 5.74) is 1.21. The molecule has 1 aromatic heterocycles. The van der Waals surface area contributed by atoms with Gasteiger partial charge in [0.25, 0.3) is 0 Å². The van der Waals surface area contributed by atoms with Crippen molar-refractivity contribution in [3.8, 4) is 0 Å². The number of fused-ring (bicyclic) bond motifs is 1. The van der Waals surface area contributed by atoms with E-state index in [1.807, 2.05) is 0 Å². The van der Waals surface area contributed by atoms with E-state index in [0.29, 0.717) is 0 Å². The number of hydrogen-bond donors (Lipinski definition) is 3. The van der Waals surface area contributed by atoms with E-state index < -0.39 is 5.97 Å². The summed E-state index contributed by atoms with van der Waals surface area (Å²) in [6.45, 7) is 1.69. The Morgan fingerprint density at radius 3 is 3.11 bits per heavy atom. The lowest BCUT2D eigenvalue weighted by atomic mass is 9.94. The molecule has 0 spiro atoms. The van der Waals surface area contributed by atoms with Crippen molar-refractivity contribution in [2.75, 3.05) is 0 Å². The molecule has 19 heavy (non-hydrogen) atoms. The maximum Gasteiger partial charge on any atom is 0.315 e. The first kappa shape index (κ1) is 13.9. The van der Waals surface area contributed by atoms with Gasteiger partial charge in [-0.1, -0.05) is 0 Å². The molecule has 2 amide bonds. The summed E-state index contributed by atoms with van der Waals surface area (Å²) in [5.74, 6) is -0.911. The molecule has 0 radical (unpaired) electrons. The van der Waals surface area contributed by atoms with Crippen molar-refractivity contribution in [1.29, 1.82) is 0 Å². The third-order valence-electron chi connectivity index (χ3n) is 3.22. The first-order valence-corrected chi connectivity index (χ1v) is 7.29. The van der Waals surface area contributed by atoms with Gasteiger partial charge in [-0.05, 0) is 43.2 Å². The van der Waals surface area contributed by atoms with Crippen molar-refractivity contribution in [1.82, 2.24) is 10.6 Å². The highest BCUT2D eigenvalue weighted by Gasteiger charge is 2.23. The highest BCUT2D eigenvalue weighted by atomic mass is 32.1. The van der Waals surface area contributed by atoms with Gasteiger partial charge >= 0.3 is 12.0 Å². The number of thiophene rings is 1. The largest absolute Gasteiger partial charge is 0.481 e. The average molecular weight is 282 g/mol. The van der Waals surface area contributed by atoms with Crippen LogP contribution in [0.5, 0.6) is 0 Å². The average Bonchev–Trinajstić information content (AvgIpc) is 2.76. The van der Waals surface area contributed by atoms with Gasteiger partial charge in [0.1, 0.15) is 0 Å². The second-order valence-electron chi connectivity index (χ2n) is 4.86. The topological polar surface area (TPSA) is 78.4 Å². The number of amides is 2. The fraction of sp³-hybridized carbons (Fsp3) is 0.538. The van der Waals surface area contributed by atoms with E-state index in [-0.39, 0.29) is 24.5 Å². The first-order valence-electron chi connectivity index (χ1n) is 6.41. The molecular weight excluding hydrogens is 264 g/mol. The lowest BCUT2D eigenvalue weighted by Gasteiger charge is -2.24. The lowest BCUT2D eigenvalue weighted by Crippen LogP contribution is -2.43. The minimum atomic E-state index is -0.911. The van der Waals surface area contributed by atoms with Gasteiger partial charge in [-0.15, -0.1) is 11.3 Å². The summed E-state index contributed by atoms with van der Waals surface area (Å²) in [7, 11) is 0. The van der Waals surface area contributed by atoms with Gasteiger partial charge in [0.05, 0.1) is 12.5 Å². The van der Waals surface area contributed by atoms with Crippen LogP contribution in [-0.4, -0.2) is 23.1 Å². The van der Waals surface area contributed by atoms with Crippen LogP contribution in [-0.2, 0) is 11.2 Å². The van der Waals surface area contributed by atoms with Gasteiger partial charge in [0, 0.05) is 10.9 Å². The van der Waals surface area contributed by atoms with Crippen LogP contribution in [0.1, 0.15) is 42.7 Å². The Kier molecular flexibility index (Phi) is 4.42. The molecule has 104 valence electrons. The molecule has 2 unspecified atom stereocenters. The van der Waals surface area contributed by atoms with Crippen molar-refractivity contribution in [3.05, 3.63) is 21.9 Å². The minimum Gasteiger partial charge on any atom is -0.481 e. The molecule has 1 aliphatic rings. The minimum absolute atomic E-state index is 0.0482. The van der Waals surface area contributed by atoms with Crippen molar-refractivity contribution in [2.45, 2.75) is 44.7 Å². The van der Waals surface area contributed by atoms with Gasteiger partial charge in [-0.2, -0.15) is 0 Å². The maximum atomic E-state index is 11.8. The second kappa shape index (κ2) is 6.06. The smallest absolute Gasteiger partial charge is 0.315 e. The molecule has 0 saturated carbocycles. The van der Waals surface area contributed by atoms with Gasteiger partial charge in [-0.3, -0.25) is 4.79 Å². The lowest BCUT2D eigenvalue weighted by molar-refractivity contribution is -0.137. The number of hydrogen-bond acceptors (Lipinski definition) is 3. The van der Waals surface area contributed by atoms with Crippen LogP contribution in [0.4, 0.5) is 4.79 Å². The highest BCUT2D eigenvalue weighted by molar-refractivity contribution is 7.10.